The van der Waals surface area contributed by atoms with Crippen molar-refractivity contribution in [3.8, 4) is 0 Å². The number of ether oxygens (including phenoxy) is 5. The summed E-state index contributed by atoms with van der Waals surface area (Å²) in [4.78, 5) is 47.2. The molecule has 1 saturated heterocycles. The van der Waals surface area contributed by atoms with E-state index in [1.54, 1.807) is 0 Å². The molecule has 1 aliphatic rings. The Hall–Kier alpha value is -3.58. The smallest absolute Gasteiger partial charge is 0.460 e. The highest BCUT2D eigenvalue weighted by atomic mass is 28.5. The van der Waals surface area contributed by atoms with Crippen molar-refractivity contribution >= 4 is 58.8 Å². The SMILES string of the molecule is C=CC(=O)OCCO[Si]1(C)O[Si](C)(CCCNC(=O)C(F)(OC(F)(F)C(F)(OC(F)(F)C(F)(F)C(F)(F)F)C(F)(F)F)C(F)(F)F)O[Si](C)(OCCOC(=O)C=C)O[Si](C)(OCCOC(=O)C=C)O1. The molecule has 1 rings (SSSR count). The molecule has 0 aromatic carbocycles. The Morgan fingerprint density at radius 2 is 0.870 bits per heavy atom. The molecule has 0 aromatic heterocycles. The number of rotatable bonds is 26. The van der Waals surface area contributed by atoms with E-state index in [0.717, 1.165) is 43.2 Å². The van der Waals surface area contributed by atoms with Crippen molar-refractivity contribution in [1.29, 1.82) is 0 Å². The second-order valence-corrected chi connectivity index (χ2v) is 25.7. The minimum Gasteiger partial charge on any atom is -0.460 e. The summed E-state index contributed by atoms with van der Waals surface area (Å²) in [6.07, 6.45) is -37.8. The van der Waals surface area contributed by atoms with Gasteiger partial charge in [0.25, 0.3) is 5.91 Å². The first kappa shape index (κ1) is 63.4. The predicted octanol–water partition coefficient (Wildman–Crippen LogP) is 6.46. The standard InChI is InChI=1S/C31H40F17NO16Si4/c1-8-20(50)54-13-16-57-67(5)62-66(4,63-68(6,58-17-14-55-21(51)9-2)65-69(7,64-67)59-18-15-56-22(52)10-3)19-11-12-49-23(53)24(32,27(36,37)38)60-31(47,48)26(35,29(42,43)44)61-30(45,46)25(33,34)28(39,40)41/h8-10H,1-3,11-19H2,4-7H3,(H,49,53). The summed E-state index contributed by atoms with van der Waals surface area (Å²) >= 11 is 0. The zero-order valence-corrected chi connectivity index (χ0v) is 39.7. The zero-order valence-electron chi connectivity index (χ0n) is 35.7. The highest BCUT2D eigenvalue weighted by Gasteiger charge is 2.85. The number of carbonyl (C=O) groups is 4. The Balaban J connectivity index is 3.64. The fourth-order valence-corrected chi connectivity index (χ4v) is 23.2. The second-order valence-electron chi connectivity index (χ2n) is 13.6. The average Bonchev–Trinajstić information content (AvgIpc) is 3.18. The number of hydrogen-bond donors (Lipinski definition) is 1. The van der Waals surface area contributed by atoms with Crippen LogP contribution in [-0.2, 0) is 72.6 Å². The normalized spacial score (nSPS) is 24.9. The van der Waals surface area contributed by atoms with Gasteiger partial charge in [0.15, 0.2) is 0 Å². The van der Waals surface area contributed by atoms with Gasteiger partial charge in [0.2, 0.25) is 0 Å². The summed E-state index contributed by atoms with van der Waals surface area (Å²) in [6.45, 7) is 9.75. The molecule has 400 valence electrons. The number of esters is 3. The van der Waals surface area contributed by atoms with Crippen molar-refractivity contribution in [1.82, 2.24) is 5.32 Å². The van der Waals surface area contributed by atoms with Crippen molar-refractivity contribution in [3.05, 3.63) is 38.0 Å². The van der Waals surface area contributed by atoms with Gasteiger partial charge < -0.3 is 49.3 Å². The molecule has 38 heteroatoms. The first-order valence-electron chi connectivity index (χ1n) is 18.5. The van der Waals surface area contributed by atoms with E-state index in [9.17, 15) is 89.4 Å². The zero-order chi connectivity index (χ0) is 54.0. The lowest BCUT2D eigenvalue weighted by Crippen LogP contribution is -2.70. The van der Waals surface area contributed by atoms with Crippen LogP contribution in [0.1, 0.15) is 6.42 Å². The van der Waals surface area contributed by atoms with Crippen LogP contribution < -0.4 is 5.32 Å². The summed E-state index contributed by atoms with van der Waals surface area (Å²) < 4.78 is 292. The summed E-state index contributed by atoms with van der Waals surface area (Å²) in [5, 5.41) is 0.918. The second kappa shape index (κ2) is 23.3. The molecule has 0 bridgehead atoms. The van der Waals surface area contributed by atoms with Crippen molar-refractivity contribution in [2.24, 2.45) is 0 Å². The maximum absolute atomic E-state index is 15.3. The number of amides is 1. The van der Waals surface area contributed by atoms with Crippen LogP contribution >= 0.6 is 0 Å². The minimum absolute atomic E-state index is 0.452. The fourth-order valence-electron chi connectivity index (χ4n) is 4.99. The molecule has 1 aliphatic heterocycles. The van der Waals surface area contributed by atoms with E-state index in [-0.39, 0.29) is 0 Å². The van der Waals surface area contributed by atoms with Crippen molar-refractivity contribution in [3.63, 3.8) is 0 Å². The molecule has 17 nitrogen and oxygen atoms in total. The van der Waals surface area contributed by atoms with Crippen molar-refractivity contribution in [2.75, 3.05) is 46.2 Å². The third-order valence-corrected chi connectivity index (χ3v) is 23.7. The molecule has 0 spiro atoms. The summed E-state index contributed by atoms with van der Waals surface area (Å²) in [6, 6.07) is -0.717. The summed E-state index contributed by atoms with van der Waals surface area (Å²) in [5.74, 6) is -29.6. The van der Waals surface area contributed by atoms with Gasteiger partial charge in [-0.2, -0.15) is 74.6 Å². The Labute approximate surface area is 382 Å². The molecule has 69 heavy (non-hydrogen) atoms. The molecule has 4 atom stereocenters. The van der Waals surface area contributed by atoms with Crippen LogP contribution in [0.25, 0.3) is 0 Å². The van der Waals surface area contributed by atoms with Crippen molar-refractivity contribution in [2.45, 2.75) is 87.0 Å². The topological polar surface area (TPSA) is 191 Å². The molecule has 0 saturated carbocycles. The third kappa shape index (κ3) is 17.0. The molecule has 1 amide bonds. The summed E-state index contributed by atoms with van der Waals surface area (Å²) in [7, 11) is -17.5. The van der Waals surface area contributed by atoms with E-state index < -0.39 is 166 Å². The van der Waals surface area contributed by atoms with Gasteiger partial charge in [-0.3, -0.25) is 14.3 Å². The largest absolute Gasteiger partial charge is 0.483 e. The Kier molecular flexibility index (Phi) is 21.4. The monoisotopic (exact) mass is 1120 g/mol. The van der Waals surface area contributed by atoms with Gasteiger partial charge >= 0.3 is 101 Å². The van der Waals surface area contributed by atoms with Gasteiger partial charge in [0, 0.05) is 44.4 Å². The lowest BCUT2D eigenvalue weighted by molar-refractivity contribution is -0.548. The van der Waals surface area contributed by atoms with Gasteiger partial charge in [0.05, 0.1) is 19.8 Å². The van der Waals surface area contributed by atoms with Crippen molar-refractivity contribution < 1.29 is 147 Å². The molecule has 1 fully saturated rings. The van der Waals surface area contributed by atoms with E-state index in [0.29, 0.717) is 0 Å². The van der Waals surface area contributed by atoms with Crippen LogP contribution in [0, 0.1) is 0 Å². The maximum atomic E-state index is 15.3. The highest BCUT2D eigenvalue weighted by Crippen LogP contribution is 2.56. The van der Waals surface area contributed by atoms with Crippen LogP contribution in [0.15, 0.2) is 38.0 Å². The number of alkyl halides is 17. The molecule has 1 N–H and O–H groups in total. The molecular weight excluding hydrogens is 1080 g/mol. The first-order valence-corrected chi connectivity index (χ1v) is 27.7. The molecule has 0 aliphatic carbocycles. The first-order chi connectivity index (χ1) is 31.0. The van der Waals surface area contributed by atoms with E-state index in [2.05, 4.69) is 24.5 Å². The molecule has 1 heterocycles. The van der Waals surface area contributed by atoms with Crippen LogP contribution in [0.2, 0.25) is 32.2 Å². The van der Waals surface area contributed by atoms with Crippen LogP contribution in [0.5, 0.6) is 0 Å². The number of carbonyl (C=O) groups excluding carboxylic acids is 4. The maximum Gasteiger partial charge on any atom is 0.483 e. The van der Waals surface area contributed by atoms with Crippen LogP contribution in [0.4, 0.5) is 74.6 Å². The predicted molar refractivity (Wildman–Crippen MR) is 197 cm³/mol. The quantitative estimate of drug-likeness (QED) is 0.0248. The number of hydrogen-bond acceptors (Lipinski definition) is 16. The average molecular weight is 1120 g/mol. The molecule has 0 aromatic rings. The van der Waals surface area contributed by atoms with Gasteiger partial charge in [-0.05, 0) is 19.0 Å². The molecular formula is C31H40F17NO16Si4. The fraction of sp³-hybridized carbons (Fsp3) is 0.677. The van der Waals surface area contributed by atoms with Crippen LogP contribution in [0.3, 0.4) is 0 Å². The Morgan fingerprint density at radius 1 is 0.507 bits per heavy atom. The molecule has 0 radical (unpaired) electrons. The van der Waals surface area contributed by atoms with E-state index in [1.807, 2.05) is 0 Å². The Bertz CT molecular complexity index is 1790. The van der Waals surface area contributed by atoms with Gasteiger partial charge in [-0.25, -0.2) is 14.4 Å². The van der Waals surface area contributed by atoms with E-state index >= 15 is 4.39 Å². The molecule has 4 unspecified atom stereocenters. The lowest BCUT2D eigenvalue weighted by atomic mass is 10.2. The van der Waals surface area contributed by atoms with Gasteiger partial charge in [-0.15, -0.1) is 0 Å². The summed E-state index contributed by atoms with van der Waals surface area (Å²) in [5.41, 5.74) is 0. The van der Waals surface area contributed by atoms with Gasteiger partial charge in [0.1, 0.15) is 19.8 Å². The minimum atomic E-state index is -8.21. The number of nitrogens with one attached hydrogen (secondary N) is 1. The van der Waals surface area contributed by atoms with E-state index in [4.69, 9.17) is 43.9 Å². The lowest BCUT2D eigenvalue weighted by Gasteiger charge is -2.47. The number of halogens is 17. The Morgan fingerprint density at radius 3 is 1.19 bits per heavy atom. The van der Waals surface area contributed by atoms with Crippen LogP contribution in [-0.4, -0.2) is 153 Å². The third-order valence-electron chi connectivity index (χ3n) is 7.87. The van der Waals surface area contributed by atoms with E-state index in [1.165, 1.54) is 11.3 Å². The highest BCUT2D eigenvalue weighted by molar-refractivity contribution is 6.89. The van der Waals surface area contributed by atoms with Gasteiger partial charge in [-0.1, -0.05) is 19.7 Å².